The molecular weight excluding hydrogens is 334 g/mol. The topological polar surface area (TPSA) is 72.7 Å². The van der Waals surface area contributed by atoms with E-state index in [0.29, 0.717) is 0 Å². The van der Waals surface area contributed by atoms with Gasteiger partial charge in [-0.1, -0.05) is 30.3 Å². The highest BCUT2D eigenvalue weighted by atomic mass is 32.3. The fourth-order valence-electron chi connectivity index (χ4n) is 3.71. The van der Waals surface area contributed by atoms with Crippen LogP contribution in [0.3, 0.4) is 0 Å². The van der Waals surface area contributed by atoms with Gasteiger partial charge in [-0.3, -0.25) is 0 Å². The third-order valence-electron chi connectivity index (χ3n) is 4.96. The molecule has 2 saturated heterocycles. The Morgan fingerprint density at radius 3 is 2.00 bits per heavy atom. The molecule has 0 spiro atoms. The van der Waals surface area contributed by atoms with Crippen LogP contribution in [0.1, 0.15) is 30.7 Å². The van der Waals surface area contributed by atoms with E-state index in [9.17, 15) is 16.8 Å². The zero-order valence-electron chi connectivity index (χ0n) is 13.1. The number of hydrogen-bond acceptors (Lipinski definition) is 4. The molecule has 0 radical (unpaired) electrons. The minimum atomic E-state index is -3.64. The summed E-state index contributed by atoms with van der Waals surface area (Å²) in [7, 11) is -7.27. The number of rotatable bonds is 3. The Morgan fingerprint density at radius 2 is 1.43 bits per heavy atom. The Morgan fingerprint density at radius 1 is 0.870 bits per heavy atom. The van der Waals surface area contributed by atoms with E-state index in [1.807, 2.05) is 30.3 Å². The van der Waals surface area contributed by atoms with Gasteiger partial charge in [0.25, 0.3) is 0 Å². The van der Waals surface area contributed by atoms with Gasteiger partial charge in [0, 0.05) is 5.92 Å². The van der Waals surface area contributed by atoms with Crippen molar-refractivity contribution in [1.82, 2.24) is 0 Å². The molecule has 2 heterocycles. The van der Waals surface area contributed by atoms with Crippen LogP contribution in [-0.4, -0.2) is 52.6 Å². The number of nitrogens with one attached hydrogen (secondary N) is 1. The number of quaternary nitrogens is 1. The Bertz CT molecular complexity index is 702. The molecule has 1 aromatic carbocycles. The zero-order chi connectivity index (χ0) is 16.5. The Hall–Kier alpha value is -0.920. The minimum absolute atomic E-state index is 0.0613. The van der Waals surface area contributed by atoms with Crippen molar-refractivity contribution >= 4 is 19.7 Å². The highest BCUT2D eigenvalue weighted by molar-refractivity contribution is 8.09. The van der Waals surface area contributed by atoms with Crippen LogP contribution in [-0.2, 0) is 19.7 Å². The highest BCUT2D eigenvalue weighted by Gasteiger charge is 2.47. The number of likely N-dealkylation sites (tertiary alicyclic amines) is 1. The molecule has 0 unspecified atom stereocenters. The summed E-state index contributed by atoms with van der Waals surface area (Å²) in [6.07, 6.45) is 3.26. The third-order valence-corrected chi connectivity index (χ3v) is 10.4. The van der Waals surface area contributed by atoms with E-state index in [2.05, 4.69) is 0 Å². The van der Waals surface area contributed by atoms with Crippen molar-refractivity contribution in [2.24, 2.45) is 0 Å². The van der Waals surface area contributed by atoms with Crippen molar-refractivity contribution in [3.8, 4) is 0 Å². The lowest BCUT2D eigenvalue weighted by Crippen LogP contribution is -3.14. The summed E-state index contributed by atoms with van der Waals surface area (Å²) < 4.78 is 49.4. The molecule has 7 heteroatoms. The van der Waals surface area contributed by atoms with Gasteiger partial charge in [-0.15, -0.1) is 0 Å². The molecule has 5 nitrogen and oxygen atoms in total. The molecule has 0 amide bonds. The Kier molecular flexibility index (Phi) is 4.80. The van der Waals surface area contributed by atoms with Gasteiger partial charge < -0.3 is 4.90 Å². The van der Waals surface area contributed by atoms with Gasteiger partial charge in [0.15, 0.2) is 19.7 Å². The molecule has 0 aliphatic carbocycles. The van der Waals surface area contributed by atoms with Crippen LogP contribution < -0.4 is 4.90 Å². The first kappa shape index (κ1) is 16.9. The van der Waals surface area contributed by atoms with Crippen molar-refractivity contribution in [3.05, 3.63) is 35.9 Å². The first-order valence-electron chi connectivity index (χ1n) is 8.20. The lowest BCUT2D eigenvalue weighted by atomic mass is 10.0. The molecule has 23 heavy (non-hydrogen) atoms. The fraction of sp³-hybridized carbons (Fsp3) is 0.625. The van der Waals surface area contributed by atoms with Gasteiger partial charge in [0.05, 0.1) is 24.6 Å². The van der Waals surface area contributed by atoms with Crippen molar-refractivity contribution in [3.63, 3.8) is 0 Å². The lowest BCUT2D eigenvalue weighted by molar-refractivity contribution is -0.903. The summed E-state index contributed by atoms with van der Waals surface area (Å²) in [4.78, 5) is 1.12. The maximum Gasteiger partial charge on any atom is 0.211 e. The predicted octanol–water partition coefficient (Wildman–Crippen LogP) is 0.00830. The van der Waals surface area contributed by atoms with Crippen LogP contribution >= 0.6 is 0 Å². The molecule has 2 aliphatic heterocycles. The van der Waals surface area contributed by atoms with Crippen LogP contribution in [0.2, 0.25) is 0 Å². The van der Waals surface area contributed by atoms with E-state index in [4.69, 9.17) is 0 Å². The molecule has 2 aliphatic rings. The van der Waals surface area contributed by atoms with Gasteiger partial charge in [0.2, 0.25) is 4.58 Å². The Labute approximate surface area is 138 Å². The summed E-state index contributed by atoms with van der Waals surface area (Å²) >= 11 is 0. The van der Waals surface area contributed by atoms with Crippen molar-refractivity contribution in [2.75, 3.05) is 31.1 Å². The molecule has 128 valence electrons. The van der Waals surface area contributed by atoms with E-state index < -0.39 is 30.2 Å². The standard InChI is InChI=1S/C16H23NO4S2/c18-22(19)12-15(14-7-3-1-4-8-14)13-23(20,21)16(22)11-17-9-5-2-6-10-17/h1,3-4,7-8,15-16H,2,5-6,9-13H2/p+1. The monoisotopic (exact) mass is 358 g/mol. The predicted molar refractivity (Wildman–Crippen MR) is 90.0 cm³/mol. The molecule has 1 N–H and O–H groups in total. The van der Waals surface area contributed by atoms with Gasteiger partial charge in [-0.05, 0) is 24.8 Å². The normalized spacial score (nSPS) is 30.8. The summed E-state index contributed by atoms with van der Waals surface area (Å²) in [5, 5.41) is 0. The smallest absolute Gasteiger partial charge is 0.211 e. The molecule has 0 atom stereocenters. The van der Waals surface area contributed by atoms with Gasteiger partial charge in [0.1, 0.15) is 6.54 Å². The van der Waals surface area contributed by atoms with Crippen LogP contribution in [0.15, 0.2) is 30.3 Å². The number of piperidine rings is 1. The van der Waals surface area contributed by atoms with Gasteiger partial charge in [-0.25, -0.2) is 16.8 Å². The second-order valence-corrected chi connectivity index (χ2v) is 11.5. The van der Waals surface area contributed by atoms with Gasteiger partial charge in [-0.2, -0.15) is 0 Å². The fourth-order valence-corrected chi connectivity index (χ4v) is 9.27. The van der Waals surface area contributed by atoms with E-state index in [-0.39, 0.29) is 18.1 Å². The number of benzene rings is 1. The van der Waals surface area contributed by atoms with Gasteiger partial charge >= 0.3 is 0 Å². The van der Waals surface area contributed by atoms with Crippen LogP contribution in [0.5, 0.6) is 0 Å². The maximum atomic E-state index is 12.7. The SMILES string of the molecule is O=S1(=O)CC(c2ccccc2)CS(=O)(=O)C1C[NH+]1CCCCC1. The van der Waals surface area contributed by atoms with E-state index >= 15 is 0 Å². The summed E-state index contributed by atoms with van der Waals surface area (Å²) in [5.41, 5.74) is 0.795. The molecule has 3 rings (SSSR count). The molecule has 0 bridgehead atoms. The number of sulfone groups is 2. The van der Waals surface area contributed by atoms with Crippen molar-refractivity contribution < 1.29 is 21.7 Å². The average molecular weight is 359 g/mol. The zero-order valence-corrected chi connectivity index (χ0v) is 14.8. The van der Waals surface area contributed by atoms with E-state index in [0.717, 1.165) is 42.8 Å². The molecule has 1 aromatic rings. The molecule has 0 aromatic heterocycles. The van der Waals surface area contributed by atoms with E-state index in [1.54, 1.807) is 0 Å². The second kappa shape index (κ2) is 6.53. The van der Waals surface area contributed by atoms with Crippen LogP contribution in [0.4, 0.5) is 0 Å². The van der Waals surface area contributed by atoms with Crippen LogP contribution in [0.25, 0.3) is 0 Å². The lowest BCUT2D eigenvalue weighted by Gasteiger charge is -2.32. The largest absolute Gasteiger partial charge is 0.333 e. The Balaban J connectivity index is 1.83. The summed E-state index contributed by atoms with van der Waals surface area (Å²) in [6, 6.07) is 9.10. The quantitative estimate of drug-likeness (QED) is 0.826. The highest BCUT2D eigenvalue weighted by Crippen LogP contribution is 2.30. The van der Waals surface area contributed by atoms with E-state index in [1.165, 1.54) is 0 Å². The van der Waals surface area contributed by atoms with Crippen molar-refractivity contribution in [1.29, 1.82) is 0 Å². The summed E-state index contributed by atoms with van der Waals surface area (Å²) in [5.74, 6) is -0.568. The summed E-state index contributed by atoms with van der Waals surface area (Å²) in [6.45, 7) is 1.97. The van der Waals surface area contributed by atoms with Crippen LogP contribution in [0, 0.1) is 0 Å². The molecule has 0 saturated carbocycles. The maximum absolute atomic E-state index is 12.7. The number of hydrogen-bond donors (Lipinski definition) is 1. The second-order valence-electron chi connectivity index (χ2n) is 6.71. The minimum Gasteiger partial charge on any atom is -0.333 e. The molecule has 2 fully saturated rings. The van der Waals surface area contributed by atoms with Crippen molar-refractivity contribution in [2.45, 2.75) is 29.8 Å². The first-order chi connectivity index (χ1) is 10.9. The average Bonchev–Trinajstić information content (AvgIpc) is 2.52. The first-order valence-corrected chi connectivity index (χ1v) is 11.6. The molecular formula is C16H24NO4S2+. The third kappa shape index (κ3) is 3.78.